The average molecular weight is 601 g/mol. The maximum Gasteiger partial charge on any atom is 0.467 e. The normalized spacial score (nSPS) is 14.0. The van der Waals surface area contributed by atoms with E-state index in [2.05, 4.69) is 4.90 Å². The Labute approximate surface area is 226 Å². The van der Waals surface area contributed by atoms with Crippen LogP contribution in [-0.4, -0.2) is 49.1 Å². The molecule has 206 valence electrons. The van der Waals surface area contributed by atoms with Gasteiger partial charge in [-0.2, -0.15) is 32.9 Å². The molecule has 1 aliphatic rings. The molecule has 0 spiro atoms. The molecule has 1 aliphatic heterocycles. The summed E-state index contributed by atoms with van der Waals surface area (Å²) in [6, 6.07) is 10.1. The topological polar surface area (TPSA) is 132 Å². The smallest absolute Gasteiger partial charge is 0.467 e. The highest BCUT2D eigenvalue weighted by molar-refractivity contribution is 7.92. The number of hydrogen-bond donors (Lipinski definition) is 3. The Morgan fingerprint density at radius 2 is 1.90 bits per heavy atom. The van der Waals surface area contributed by atoms with Gasteiger partial charge in [-0.05, 0) is 60.1 Å². The SMILES string of the molecule is N#Cc1ccc(O[P+](O)(O)CNS(=O)(=O)c2cc3ccc(OCCN4C=CC=CC4)cc3s2)cc1C(F)(F)F. The molecule has 0 saturated heterocycles. The number of fused-ring (bicyclic) bond motifs is 1. The van der Waals surface area contributed by atoms with Crippen molar-refractivity contribution in [3.05, 3.63) is 78.0 Å². The lowest BCUT2D eigenvalue weighted by Crippen LogP contribution is -2.27. The zero-order chi connectivity index (χ0) is 28.3. The highest BCUT2D eigenvalue weighted by Crippen LogP contribution is 2.51. The molecular weight excluding hydrogens is 578 g/mol. The molecule has 15 heteroatoms. The van der Waals surface area contributed by atoms with Crippen LogP contribution in [0, 0.1) is 11.3 Å². The van der Waals surface area contributed by atoms with Crippen LogP contribution in [0.5, 0.6) is 11.5 Å². The second-order valence-corrected chi connectivity index (χ2v) is 13.2. The monoisotopic (exact) mass is 600 g/mol. The Kier molecular flexibility index (Phi) is 8.51. The quantitative estimate of drug-likeness (QED) is 0.288. The van der Waals surface area contributed by atoms with Crippen LogP contribution in [0.25, 0.3) is 10.1 Å². The van der Waals surface area contributed by atoms with Gasteiger partial charge >= 0.3 is 14.1 Å². The van der Waals surface area contributed by atoms with Crippen LogP contribution in [0.2, 0.25) is 0 Å². The lowest BCUT2D eigenvalue weighted by Gasteiger charge is -2.20. The Morgan fingerprint density at radius 3 is 2.59 bits per heavy atom. The summed E-state index contributed by atoms with van der Waals surface area (Å²) in [5.74, 6) is -0.0245. The van der Waals surface area contributed by atoms with Crippen molar-refractivity contribution < 1.29 is 40.6 Å². The first kappa shape index (κ1) is 28.8. The molecule has 1 aromatic heterocycles. The minimum atomic E-state index is -4.88. The molecule has 3 aromatic rings. The van der Waals surface area contributed by atoms with Crippen LogP contribution < -0.4 is 14.0 Å². The number of nitrogens with one attached hydrogen (secondary N) is 1. The molecule has 3 N–H and O–H groups in total. The molecule has 0 bridgehead atoms. The van der Waals surface area contributed by atoms with E-state index in [4.69, 9.17) is 14.5 Å². The first-order chi connectivity index (χ1) is 18.4. The third-order valence-electron chi connectivity index (χ3n) is 5.39. The second-order valence-electron chi connectivity index (χ2n) is 8.26. The van der Waals surface area contributed by atoms with Crippen LogP contribution in [0.4, 0.5) is 13.2 Å². The van der Waals surface area contributed by atoms with Gasteiger partial charge in [-0.1, -0.05) is 12.2 Å². The van der Waals surface area contributed by atoms with E-state index in [-0.39, 0.29) is 4.21 Å². The Balaban J connectivity index is 1.39. The van der Waals surface area contributed by atoms with Gasteiger partial charge in [-0.15, -0.1) is 11.3 Å². The van der Waals surface area contributed by atoms with E-state index in [9.17, 15) is 31.4 Å². The summed E-state index contributed by atoms with van der Waals surface area (Å²) >= 11 is 0.935. The molecule has 39 heavy (non-hydrogen) atoms. The number of halogens is 3. The van der Waals surface area contributed by atoms with Gasteiger partial charge in [0.1, 0.15) is 16.6 Å². The predicted molar refractivity (Wildman–Crippen MR) is 141 cm³/mol. The van der Waals surface area contributed by atoms with E-state index in [0.29, 0.717) is 35.1 Å². The Morgan fingerprint density at radius 1 is 1.13 bits per heavy atom. The van der Waals surface area contributed by atoms with Gasteiger partial charge in [0, 0.05) is 11.2 Å². The number of nitrogens with zero attached hydrogens (tertiary/aromatic N) is 2. The van der Waals surface area contributed by atoms with Crippen LogP contribution in [-0.2, 0) is 16.2 Å². The second kappa shape index (κ2) is 11.5. The van der Waals surface area contributed by atoms with E-state index in [1.54, 1.807) is 18.2 Å². The molecular formula is C24H22F3N3O6PS2+. The summed E-state index contributed by atoms with van der Waals surface area (Å²) in [5, 5.41) is 9.50. The first-order valence-corrected chi connectivity index (χ1v) is 15.3. The maximum atomic E-state index is 13.2. The molecule has 0 unspecified atom stereocenters. The van der Waals surface area contributed by atoms with Gasteiger partial charge in [0.25, 0.3) is 10.0 Å². The third-order valence-corrected chi connectivity index (χ3v) is 9.65. The standard InChI is InChI=1S/C24H22F3N3O6PS2/c25-24(26,27)21-13-20(7-5-18(21)15-28)36-37(31,32)16-29-39(33,34)23-12-17-4-6-19(14-22(17)38-23)35-11-10-30-8-2-1-3-9-30/h1-8,12-14,29,31-32H,9-11,16H2/q+1. The van der Waals surface area contributed by atoms with E-state index in [1.807, 2.05) is 29.2 Å². The van der Waals surface area contributed by atoms with Gasteiger partial charge in [-0.25, -0.2) is 8.42 Å². The van der Waals surface area contributed by atoms with Crippen molar-refractivity contribution in [3.63, 3.8) is 0 Å². The number of benzene rings is 2. The number of thiophene rings is 1. The maximum absolute atomic E-state index is 13.2. The fourth-order valence-corrected chi connectivity index (χ4v) is 7.52. The highest BCUT2D eigenvalue weighted by atomic mass is 32.2. The Bertz CT molecular complexity index is 1570. The van der Waals surface area contributed by atoms with Crippen LogP contribution in [0.15, 0.2) is 71.1 Å². The van der Waals surface area contributed by atoms with Gasteiger partial charge in [0.2, 0.25) is 6.29 Å². The zero-order valence-electron chi connectivity index (χ0n) is 20.0. The molecule has 0 radical (unpaired) electrons. The van der Waals surface area contributed by atoms with Crippen molar-refractivity contribution in [3.8, 4) is 17.6 Å². The fourth-order valence-electron chi connectivity index (χ4n) is 3.52. The van der Waals surface area contributed by atoms with Crippen LogP contribution in [0.3, 0.4) is 0 Å². The molecule has 0 fully saturated rings. The minimum Gasteiger partial charge on any atom is -0.492 e. The van der Waals surface area contributed by atoms with Crippen molar-refractivity contribution in [1.82, 2.24) is 9.62 Å². The number of alkyl halides is 3. The van der Waals surface area contributed by atoms with E-state index in [1.165, 1.54) is 12.1 Å². The van der Waals surface area contributed by atoms with E-state index >= 15 is 0 Å². The molecule has 0 saturated carbocycles. The van der Waals surface area contributed by atoms with Gasteiger partial charge in [0.05, 0.1) is 23.7 Å². The van der Waals surface area contributed by atoms with Crippen LogP contribution in [0.1, 0.15) is 11.1 Å². The predicted octanol–water partition coefficient (Wildman–Crippen LogP) is 4.62. The van der Waals surface area contributed by atoms with Crippen molar-refractivity contribution >= 4 is 39.4 Å². The molecule has 0 atom stereocenters. The first-order valence-electron chi connectivity index (χ1n) is 11.2. The number of sulfonamides is 1. The molecule has 0 amide bonds. The van der Waals surface area contributed by atoms with E-state index < -0.39 is 47.3 Å². The third kappa shape index (κ3) is 7.48. The fraction of sp³-hybridized carbons (Fsp3) is 0.208. The minimum absolute atomic E-state index is 0.113. The van der Waals surface area contributed by atoms with Gasteiger partial charge in [-0.3, -0.25) is 4.52 Å². The molecule has 2 aromatic carbocycles. The average Bonchev–Trinajstić information content (AvgIpc) is 3.32. The molecule has 4 rings (SSSR count). The number of hydrogen-bond acceptors (Lipinski definition) is 9. The number of allylic oxidation sites excluding steroid dienone is 2. The summed E-state index contributed by atoms with van der Waals surface area (Å²) in [6.07, 6.45) is 2.00. The Hall–Kier alpha value is -3.18. The van der Waals surface area contributed by atoms with Gasteiger partial charge in [0.15, 0.2) is 5.75 Å². The molecule has 2 heterocycles. The van der Waals surface area contributed by atoms with Crippen molar-refractivity contribution in [2.75, 3.05) is 26.0 Å². The molecule has 9 nitrogen and oxygen atoms in total. The van der Waals surface area contributed by atoms with E-state index in [0.717, 1.165) is 30.0 Å². The summed E-state index contributed by atoms with van der Waals surface area (Å²) in [7, 11) is -8.74. The van der Waals surface area contributed by atoms with Crippen LogP contribution >= 0.6 is 19.3 Å². The summed E-state index contributed by atoms with van der Waals surface area (Å²) in [4.78, 5) is 22.5. The number of rotatable bonds is 10. The number of nitriles is 1. The zero-order valence-corrected chi connectivity index (χ0v) is 22.5. The van der Waals surface area contributed by atoms with Gasteiger partial charge < -0.3 is 9.64 Å². The lowest BCUT2D eigenvalue weighted by atomic mass is 10.1. The summed E-state index contributed by atoms with van der Waals surface area (Å²) in [5.41, 5.74) is -2.00. The van der Waals surface area contributed by atoms with Crippen molar-refractivity contribution in [2.24, 2.45) is 0 Å². The van der Waals surface area contributed by atoms with Crippen molar-refractivity contribution in [1.29, 1.82) is 5.26 Å². The summed E-state index contributed by atoms with van der Waals surface area (Å²) in [6.45, 7) is 1.88. The highest BCUT2D eigenvalue weighted by Gasteiger charge is 2.41. The molecule has 0 aliphatic carbocycles. The summed E-state index contributed by atoms with van der Waals surface area (Å²) < 4.78 is 78.3. The van der Waals surface area contributed by atoms with Crippen molar-refractivity contribution in [2.45, 2.75) is 10.4 Å². The number of ether oxygens (including phenoxy) is 1. The largest absolute Gasteiger partial charge is 0.492 e. The lowest BCUT2D eigenvalue weighted by molar-refractivity contribution is -0.137.